The molecule has 0 radical (unpaired) electrons. The molecule has 4 nitrogen and oxygen atoms in total. The lowest BCUT2D eigenvalue weighted by atomic mass is 10.3. The van der Waals surface area contributed by atoms with Gasteiger partial charge in [-0.3, -0.25) is 9.48 Å². The van der Waals surface area contributed by atoms with Gasteiger partial charge in [0.2, 0.25) is 0 Å². The van der Waals surface area contributed by atoms with Crippen molar-refractivity contribution in [1.82, 2.24) is 9.36 Å². The number of hydrogen-bond acceptors (Lipinski definition) is 2. The number of nitrogens with zero attached hydrogens (tertiary/aromatic N) is 3. The minimum atomic E-state index is -0.0450. The number of anilines is 1. The third kappa shape index (κ3) is 3.62. The first-order valence-electron chi connectivity index (χ1n) is 6.82. The third-order valence-electron chi connectivity index (χ3n) is 3.55. The van der Waals surface area contributed by atoms with Crippen LogP contribution < -0.4 is 10.5 Å². The first kappa shape index (κ1) is 18.9. The molecule has 0 saturated heterocycles. The van der Waals surface area contributed by atoms with Crippen molar-refractivity contribution in [3.8, 4) is 5.69 Å². The van der Waals surface area contributed by atoms with E-state index in [4.69, 9.17) is 23.2 Å². The molecule has 0 bridgehead atoms. The molecule has 0 aliphatic carbocycles. The highest BCUT2D eigenvalue weighted by molar-refractivity contribution is 6.18. The molecule has 0 fully saturated rings. The second-order valence-electron chi connectivity index (χ2n) is 4.78. The maximum atomic E-state index is 12.8. The highest BCUT2D eigenvalue weighted by Crippen LogP contribution is 2.18. The molecule has 2 aromatic rings. The lowest BCUT2D eigenvalue weighted by Crippen LogP contribution is -2.32. The Morgan fingerprint density at radius 3 is 2.14 bits per heavy atom. The molecular weight excluding hydrogens is 345 g/mol. The Labute approximate surface area is 146 Å². The zero-order valence-corrected chi connectivity index (χ0v) is 15.0. The standard InChI is InChI=1S/C15H19Cl2N3O.ClH/c1-12-14(19(10-8-16)11-9-17)15(21)20(18(12)2)13-6-4-3-5-7-13;/h3-7H,8-11H2,1-2H3;1H. The zero-order valence-electron chi connectivity index (χ0n) is 12.6. The van der Waals surface area contributed by atoms with Crippen molar-refractivity contribution < 1.29 is 0 Å². The van der Waals surface area contributed by atoms with E-state index >= 15 is 0 Å². The fraction of sp³-hybridized carbons (Fsp3) is 0.400. The smallest absolute Gasteiger partial charge is 0.295 e. The van der Waals surface area contributed by atoms with E-state index in [0.29, 0.717) is 30.5 Å². The van der Waals surface area contributed by atoms with Crippen molar-refractivity contribution in [2.75, 3.05) is 29.7 Å². The van der Waals surface area contributed by atoms with Crippen LogP contribution >= 0.6 is 35.6 Å². The largest absolute Gasteiger partial charge is 0.363 e. The van der Waals surface area contributed by atoms with Gasteiger partial charge >= 0.3 is 0 Å². The quantitative estimate of drug-likeness (QED) is 0.737. The Kier molecular flexibility index (Phi) is 7.33. The van der Waals surface area contributed by atoms with E-state index in [2.05, 4.69) is 0 Å². The normalized spacial score (nSPS) is 10.4. The maximum absolute atomic E-state index is 12.8. The number of alkyl halides is 2. The summed E-state index contributed by atoms with van der Waals surface area (Å²) in [5.41, 5.74) is 2.37. The summed E-state index contributed by atoms with van der Waals surface area (Å²) in [5, 5.41) is 0. The number of para-hydroxylation sites is 1. The number of hydrogen-bond donors (Lipinski definition) is 0. The average Bonchev–Trinajstić information content (AvgIpc) is 2.70. The van der Waals surface area contributed by atoms with Gasteiger partial charge in [-0.2, -0.15) is 0 Å². The van der Waals surface area contributed by atoms with Crippen molar-refractivity contribution in [3.63, 3.8) is 0 Å². The summed E-state index contributed by atoms with van der Waals surface area (Å²) in [6.45, 7) is 3.14. The number of halogens is 3. The highest BCUT2D eigenvalue weighted by Gasteiger charge is 2.20. The Morgan fingerprint density at radius 1 is 1.09 bits per heavy atom. The highest BCUT2D eigenvalue weighted by atomic mass is 35.5. The molecule has 1 aromatic heterocycles. The molecule has 0 N–H and O–H groups in total. The second-order valence-corrected chi connectivity index (χ2v) is 5.53. The van der Waals surface area contributed by atoms with E-state index in [1.807, 2.05) is 53.9 Å². The zero-order chi connectivity index (χ0) is 15.4. The van der Waals surface area contributed by atoms with E-state index in [1.54, 1.807) is 4.68 Å². The Hall–Kier alpha value is -1.10. The molecular formula is C15H20Cl3N3O. The predicted octanol–water partition coefficient (Wildman–Crippen LogP) is 3.19. The van der Waals surface area contributed by atoms with Crippen LogP contribution in [0.5, 0.6) is 0 Å². The van der Waals surface area contributed by atoms with Gasteiger partial charge in [-0.1, -0.05) is 18.2 Å². The van der Waals surface area contributed by atoms with Gasteiger partial charge in [-0.25, -0.2) is 4.68 Å². The molecule has 22 heavy (non-hydrogen) atoms. The van der Waals surface area contributed by atoms with Gasteiger partial charge in [0.15, 0.2) is 0 Å². The molecule has 0 saturated carbocycles. The van der Waals surface area contributed by atoms with Gasteiger partial charge in [0.05, 0.1) is 11.4 Å². The van der Waals surface area contributed by atoms with Crippen LogP contribution in [0.2, 0.25) is 0 Å². The van der Waals surface area contributed by atoms with E-state index < -0.39 is 0 Å². The molecule has 0 aliphatic heterocycles. The summed E-state index contributed by atoms with van der Waals surface area (Å²) in [4.78, 5) is 14.8. The molecule has 122 valence electrons. The van der Waals surface area contributed by atoms with Crippen LogP contribution in [0.25, 0.3) is 5.69 Å². The fourth-order valence-corrected chi connectivity index (χ4v) is 2.87. The van der Waals surface area contributed by atoms with Crippen LogP contribution in [0.3, 0.4) is 0 Å². The van der Waals surface area contributed by atoms with E-state index in [0.717, 1.165) is 11.4 Å². The lowest BCUT2D eigenvalue weighted by molar-refractivity contribution is 0.630. The predicted molar refractivity (Wildman–Crippen MR) is 96.6 cm³/mol. The minimum absolute atomic E-state index is 0. The molecule has 1 heterocycles. The van der Waals surface area contributed by atoms with E-state index in [-0.39, 0.29) is 18.0 Å². The molecule has 1 aromatic carbocycles. The number of rotatable bonds is 6. The van der Waals surface area contributed by atoms with Crippen LogP contribution in [0.4, 0.5) is 5.69 Å². The van der Waals surface area contributed by atoms with E-state index in [9.17, 15) is 4.79 Å². The molecule has 0 spiro atoms. The van der Waals surface area contributed by atoms with Crippen LogP contribution in [0.1, 0.15) is 5.69 Å². The summed E-state index contributed by atoms with van der Waals surface area (Å²) in [5.74, 6) is 0.909. The first-order valence-corrected chi connectivity index (χ1v) is 7.89. The molecule has 0 amide bonds. The lowest BCUT2D eigenvalue weighted by Gasteiger charge is -2.21. The maximum Gasteiger partial charge on any atom is 0.295 e. The first-order chi connectivity index (χ1) is 10.1. The SMILES string of the molecule is Cc1c(N(CCCl)CCCl)c(=O)n(-c2ccccc2)n1C.Cl. The Morgan fingerprint density at radius 2 is 1.64 bits per heavy atom. The molecule has 0 atom stereocenters. The monoisotopic (exact) mass is 363 g/mol. The van der Waals surface area contributed by atoms with E-state index in [1.165, 1.54) is 0 Å². The Balaban J connectivity index is 0.00000242. The van der Waals surface area contributed by atoms with Crippen LogP contribution in [-0.2, 0) is 7.05 Å². The Bertz CT molecular complexity index is 646. The van der Waals surface area contributed by atoms with Gasteiger partial charge in [-0.05, 0) is 19.1 Å². The molecule has 7 heteroatoms. The van der Waals surface area contributed by atoms with Gasteiger partial charge < -0.3 is 4.90 Å². The van der Waals surface area contributed by atoms with Crippen LogP contribution in [-0.4, -0.2) is 34.2 Å². The molecule has 2 rings (SSSR count). The number of benzene rings is 1. The van der Waals surface area contributed by atoms with Gasteiger partial charge in [0.25, 0.3) is 5.56 Å². The van der Waals surface area contributed by atoms with Gasteiger partial charge in [0, 0.05) is 31.9 Å². The topological polar surface area (TPSA) is 30.2 Å². The van der Waals surface area contributed by atoms with Gasteiger partial charge in [0.1, 0.15) is 5.69 Å². The van der Waals surface area contributed by atoms with Crippen molar-refractivity contribution in [2.45, 2.75) is 6.92 Å². The summed E-state index contributed by atoms with van der Waals surface area (Å²) in [7, 11) is 1.88. The molecule has 0 aliphatic rings. The minimum Gasteiger partial charge on any atom is -0.363 e. The van der Waals surface area contributed by atoms with Crippen molar-refractivity contribution >= 4 is 41.3 Å². The second kappa shape index (κ2) is 8.51. The van der Waals surface area contributed by atoms with Crippen molar-refractivity contribution in [3.05, 3.63) is 46.4 Å². The fourth-order valence-electron chi connectivity index (χ4n) is 2.46. The third-order valence-corrected chi connectivity index (χ3v) is 3.89. The summed E-state index contributed by atoms with van der Waals surface area (Å²) in [6, 6.07) is 9.59. The van der Waals surface area contributed by atoms with Crippen LogP contribution in [0.15, 0.2) is 35.1 Å². The van der Waals surface area contributed by atoms with Crippen molar-refractivity contribution in [2.24, 2.45) is 7.05 Å². The summed E-state index contributed by atoms with van der Waals surface area (Å²) < 4.78 is 3.53. The number of aromatic nitrogens is 2. The van der Waals surface area contributed by atoms with Crippen molar-refractivity contribution in [1.29, 1.82) is 0 Å². The van der Waals surface area contributed by atoms with Gasteiger partial charge in [-0.15, -0.1) is 35.6 Å². The average molecular weight is 365 g/mol. The van der Waals surface area contributed by atoms with Crippen LogP contribution in [0, 0.1) is 6.92 Å². The molecule has 0 unspecified atom stereocenters. The summed E-state index contributed by atoms with van der Waals surface area (Å²) in [6.07, 6.45) is 0. The summed E-state index contributed by atoms with van der Waals surface area (Å²) >= 11 is 11.7.